The molecule has 2 saturated heterocycles. The summed E-state index contributed by atoms with van der Waals surface area (Å²) in [5.74, 6) is -0.00375. The molecule has 2 amide bonds. The van der Waals surface area contributed by atoms with Crippen LogP contribution in [0, 0.1) is 11.7 Å². The zero-order valence-electron chi connectivity index (χ0n) is 17.0. The second-order valence-corrected chi connectivity index (χ2v) is 8.74. The Morgan fingerprint density at radius 1 is 1.10 bits per heavy atom. The highest BCUT2D eigenvalue weighted by Gasteiger charge is 2.38. The minimum Gasteiger partial charge on any atom is -0.350 e. The molecular formula is C22H31FN4O2. The molecule has 0 radical (unpaired) electrons. The third-order valence-corrected chi connectivity index (χ3v) is 6.57. The maximum absolute atomic E-state index is 13.8. The molecule has 1 aromatic rings. The highest BCUT2D eigenvalue weighted by Crippen LogP contribution is 2.35. The highest BCUT2D eigenvalue weighted by molar-refractivity contribution is 5.94. The van der Waals surface area contributed by atoms with Gasteiger partial charge in [-0.15, -0.1) is 0 Å². The average molecular weight is 403 g/mol. The fourth-order valence-electron chi connectivity index (χ4n) is 4.69. The van der Waals surface area contributed by atoms with E-state index in [1.54, 1.807) is 0 Å². The zero-order chi connectivity index (χ0) is 20.2. The fourth-order valence-corrected chi connectivity index (χ4v) is 4.69. The first kappa shape index (κ1) is 20.3. The number of carbonyl (C=O) groups excluding carboxylic acids is 2. The molecule has 1 N–H and O–H groups in total. The Morgan fingerprint density at radius 2 is 1.86 bits per heavy atom. The van der Waals surface area contributed by atoms with Crippen molar-refractivity contribution in [3.8, 4) is 0 Å². The number of hydrogen-bond donors (Lipinski definition) is 1. The summed E-state index contributed by atoms with van der Waals surface area (Å²) < 4.78 is 13.8. The summed E-state index contributed by atoms with van der Waals surface area (Å²) in [6, 6.07) is 1.87. The molecule has 2 aliphatic heterocycles. The molecule has 0 bridgehead atoms. The second-order valence-electron chi connectivity index (χ2n) is 8.74. The number of halogens is 1. The van der Waals surface area contributed by atoms with Crippen LogP contribution in [0.25, 0.3) is 0 Å². The smallest absolute Gasteiger partial charge is 0.254 e. The molecule has 3 fully saturated rings. The Labute approximate surface area is 171 Å². The van der Waals surface area contributed by atoms with Crippen molar-refractivity contribution in [3.63, 3.8) is 0 Å². The lowest BCUT2D eigenvalue weighted by molar-refractivity contribution is -0.133. The molecule has 2 atom stereocenters. The van der Waals surface area contributed by atoms with E-state index in [0.717, 1.165) is 57.4 Å². The van der Waals surface area contributed by atoms with Crippen LogP contribution in [-0.4, -0.2) is 64.9 Å². The first-order valence-electron chi connectivity index (χ1n) is 11.0. The third kappa shape index (κ3) is 5.13. The van der Waals surface area contributed by atoms with Gasteiger partial charge in [0.2, 0.25) is 5.91 Å². The molecule has 6 nitrogen and oxygen atoms in total. The molecule has 4 rings (SSSR count). The molecule has 0 spiro atoms. The Morgan fingerprint density at radius 3 is 2.59 bits per heavy atom. The maximum Gasteiger partial charge on any atom is 0.254 e. The van der Waals surface area contributed by atoms with Crippen molar-refractivity contribution in [1.29, 1.82) is 0 Å². The van der Waals surface area contributed by atoms with Gasteiger partial charge in [0.05, 0.1) is 11.8 Å². The summed E-state index contributed by atoms with van der Waals surface area (Å²) in [6.45, 7) is 3.28. The molecule has 0 unspecified atom stereocenters. The maximum atomic E-state index is 13.8. The van der Waals surface area contributed by atoms with Crippen molar-refractivity contribution in [2.75, 3.05) is 26.2 Å². The molecule has 3 heterocycles. The van der Waals surface area contributed by atoms with E-state index >= 15 is 0 Å². The van der Waals surface area contributed by atoms with Gasteiger partial charge in [0, 0.05) is 50.9 Å². The summed E-state index contributed by atoms with van der Waals surface area (Å²) in [4.78, 5) is 33.3. The number of carbonyl (C=O) groups is 2. The van der Waals surface area contributed by atoms with Gasteiger partial charge in [-0.3, -0.25) is 19.5 Å². The number of amides is 2. The van der Waals surface area contributed by atoms with Crippen LogP contribution in [-0.2, 0) is 4.79 Å². The molecule has 1 aromatic heterocycles. The quantitative estimate of drug-likeness (QED) is 0.761. The SMILES string of the molecule is O=C(NC[C@@H]1CC[C@H](CC(=O)N2CCCCC2)N1CC1CC1)c1ccncc1F. The number of rotatable bonds is 7. The van der Waals surface area contributed by atoms with Crippen molar-refractivity contribution in [3.05, 3.63) is 29.8 Å². The topological polar surface area (TPSA) is 65.5 Å². The van der Waals surface area contributed by atoms with E-state index in [1.165, 1.54) is 31.5 Å². The van der Waals surface area contributed by atoms with E-state index in [9.17, 15) is 14.0 Å². The van der Waals surface area contributed by atoms with Gasteiger partial charge in [-0.2, -0.15) is 0 Å². The van der Waals surface area contributed by atoms with Crippen LogP contribution in [0.4, 0.5) is 4.39 Å². The minimum absolute atomic E-state index is 0.0311. The van der Waals surface area contributed by atoms with Crippen molar-refractivity contribution < 1.29 is 14.0 Å². The predicted molar refractivity (Wildman–Crippen MR) is 108 cm³/mol. The molecule has 158 valence electrons. The van der Waals surface area contributed by atoms with Gasteiger partial charge >= 0.3 is 0 Å². The van der Waals surface area contributed by atoms with Gasteiger partial charge in [0.25, 0.3) is 5.91 Å². The Bertz CT molecular complexity index is 733. The van der Waals surface area contributed by atoms with Gasteiger partial charge in [-0.25, -0.2) is 4.39 Å². The van der Waals surface area contributed by atoms with Crippen molar-refractivity contribution >= 4 is 11.8 Å². The van der Waals surface area contributed by atoms with Crippen LogP contribution in [0.15, 0.2) is 18.5 Å². The van der Waals surface area contributed by atoms with Gasteiger partial charge in [0.1, 0.15) is 0 Å². The minimum atomic E-state index is -0.601. The monoisotopic (exact) mass is 402 g/mol. The number of pyridine rings is 1. The number of hydrogen-bond acceptors (Lipinski definition) is 4. The van der Waals surface area contributed by atoms with Crippen molar-refractivity contribution in [2.45, 2.75) is 63.5 Å². The number of piperidine rings is 1. The zero-order valence-corrected chi connectivity index (χ0v) is 17.0. The second kappa shape index (κ2) is 9.20. The molecular weight excluding hydrogens is 371 g/mol. The van der Waals surface area contributed by atoms with Crippen LogP contribution in [0.2, 0.25) is 0 Å². The standard InChI is InChI=1S/C22H31FN4O2/c23-20-14-24-9-8-19(20)22(29)25-13-18-7-6-17(27(18)15-16-4-5-16)12-21(28)26-10-2-1-3-11-26/h8-9,14,16-18H,1-7,10-13,15H2,(H,25,29)/t17-,18+/m1/s1. The first-order valence-corrected chi connectivity index (χ1v) is 11.0. The number of nitrogens with one attached hydrogen (secondary N) is 1. The summed E-state index contributed by atoms with van der Waals surface area (Å²) in [7, 11) is 0. The highest BCUT2D eigenvalue weighted by atomic mass is 19.1. The number of likely N-dealkylation sites (tertiary alicyclic amines) is 2. The molecule has 1 saturated carbocycles. The molecule has 1 aliphatic carbocycles. The normalized spacial score (nSPS) is 25.2. The van der Waals surface area contributed by atoms with E-state index in [2.05, 4.69) is 15.2 Å². The van der Waals surface area contributed by atoms with Gasteiger partial charge in [-0.1, -0.05) is 0 Å². The van der Waals surface area contributed by atoms with Crippen molar-refractivity contribution in [2.24, 2.45) is 5.92 Å². The van der Waals surface area contributed by atoms with Gasteiger partial charge in [0.15, 0.2) is 5.82 Å². The lowest BCUT2D eigenvalue weighted by atomic mass is 10.1. The molecule has 3 aliphatic rings. The number of nitrogens with zero attached hydrogens (tertiary/aromatic N) is 3. The van der Waals surface area contributed by atoms with E-state index in [1.807, 2.05) is 4.90 Å². The first-order chi connectivity index (χ1) is 14.1. The largest absolute Gasteiger partial charge is 0.350 e. The molecule has 7 heteroatoms. The fraction of sp³-hybridized carbons (Fsp3) is 0.682. The average Bonchev–Trinajstić information content (AvgIpc) is 3.49. The van der Waals surface area contributed by atoms with Gasteiger partial charge in [-0.05, 0) is 56.9 Å². The van der Waals surface area contributed by atoms with E-state index < -0.39 is 11.7 Å². The summed E-state index contributed by atoms with van der Waals surface area (Å²) in [5, 5.41) is 2.90. The molecule has 0 aromatic carbocycles. The Balaban J connectivity index is 1.34. The van der Waals surface area contributed by atoms with E-state index in [4.69, 9.17) is 0 Å². The lowest BCUT2D eigenvalue weighted by Gasteiger charge is -2.33. The van der Waals surface area contributed by atoms with Crippen molar-refractivity contribution in [1.82, 2.24) is 20.1 Å². The third-order valence-electron chi connectivity index (χ3n) is 6.57. The van der Waals surface area contributed by atoms with Crippen LogP contribution >= 0.6 is 0 Å². The number of aromatic nitrogens is 1. The van der Waals surface area contributed by atoms with Crippen LogP contribution < -0.4 is 5.32 Å². The van der Waals surface area contributed by atoms with Gasteiger partial charge < -0.3 is 10.2 Å². The Kier molecular flexibility index (Phi) is 6.43. The lowest BCUT2D eigenvalue weighted by Crippen LogP contribution is -2.46. The summed E-state index contributed by atoms with van der Waals surface area (Å²) in [5.41, 5.74) is 0.0311. The van der Waals surface area contributed by atoms with Crippen LogP contribution in [0.3, 0.4) is 0 Å². The van der Waals surface area contributed by atoms with Crippen LogP contribution in [0.5, 0.6) is 0 Å². The van der Waals surface area contributed by atoms with E-state index in [-0.39, 0.29) is 23.6 Å². The predicted octanol–water partition coefficient (Wildman–Crippen LogP) is 2.60. The Hall–Kier alpha value is -2.02. The summed E-state index contributed by atoms with van der Waals surface area (Å²) in [6.07, 6.45) is 11.0. The van der Waals surface area contributed by atoms with E-state index in [0.29, 0.717) is 13.0 Å². The molecule has 29 heavy (non-hydrogen) atoms. The van der Waals surface area contributed by atoms with Crippen LogP contribution in [0.1, 0.15) is 61.7 Å². The summed E-state index contributed by atoms with van der Waals surface area (Å²) >= 11 is 0.